The first-order chi connectivity index (χ1) is 8.84. The summed E-state index contributed by atoms with van der Waals surface area (Å²) in [4.78, 5) is 7.01. The normalized spacial score (nSPS) is 18.3. The van der Waals surface area contributed by atoms with Gasteiger partial charge in [-0.15, -0.1) is 11.3 Å². The smallest absolute Gasteiger partial charge is 0.134 e. The quantitative estimate of drug-likeness (QED) is 0.916. The van der Waals surface area contributed by atoms with Gasteiger partial charge in [0, 0.05) is 28.9 Å². The maximum Gasteiger partial charge on any atom is 0.134 e. The van der Waals surface area contributed by atoms with E-state index in [0.717, 1.165) is 12.4 Å². The Hall–Kier alpha value is -1.13. The number of pyridine rings is 1. The standard InChI is InChI=1S/C14H19N3S/c1-11(17-7-2-3-8-17)10-16-14-12-5-9-18-13(12)4-6-15-14/h4-6,9,11H,2-3,7-8,10H2,1H3,(H,15,16). The largest absolute Gasteiger partial charge is 0.368 e. The highest BCUT2D eigenvalue weighted by molar-refractivity contribution is 7.17. The van der Waals surface area contributed by atoms with Crippen LogP contribution < -0.4 is 5.32 Å². The second-order valence-electron chi connectivity index (χ2n) is 4.96. The number of anilines is 1. The van der Waals surface area contributed by atoms with Crippen LogP contribution in [0.5, 0.6) is 0 Å². The second kappa shape index (κ2) is 5.24. The molecule has 1 fully saturated rings. The number of thiophene rings is 1. The molecule has 0 aromatic carbocycles. The van der Waals surface area contributed by atoms with E-state index in [9.17, 15) is 0 Å². The van der Waals surface area contributed by atoms with Crippen LogP contribution in [0.15, 0.2) is 23.7 Å². The van der Waals surface area contributed by atoms with Crippen molar-refractivity contribution in [3.05, 3.63) is 23.7 Å². The second-order valence-corrected chi connectivity index (χ2v) is 5.91. The molecule has 18 heavy (non-hydrogen) atoms. The number of aromatic nitrogens is 1. The maximum atomic E-state index is 4.45. The molecule has 3 heterocycles. The van der Waals surface area contributed by atoms with Gasteiger partial charge in [0.15, 0.2) is 0 Å². The summed E-state index contributed by atoms with van der Waals surface area (Å²) < 4.78 is 1.31. The Morgan fingerprint density at radius 2 is 2.22 bits per heavy atom. The lowest BCUT2D eigenvalue weighted by Gasteiger charge is -2.24. The van der Waals surface area contributed by atoms with Crippen LogP contribution in [0.3, 0.4) is 0 Å². The van der Waals surface area contributed by atoms with Crippen molar-refractivity contribution in [3.63, 3.8) is 0 Å². The van der Waals surface area contributed by atoms with E-state index in [1.165, 1.54) is 36.0 Å². The van der Waals surface area contributed by atoms with Gasteiger partial charge in [-0.25, -0.2) is 4.98 Å². The summed E-state index contributed by atoms with van der Waals surface area (Å²) in [6.45, 7) is 5.77. The van der Waals surface area contributed by atoms with Crippen molar-refractivity contribution in [2.45, 2.75) is 25.8 Å². The predicted molar refractivity (Wildman–Crippen MR) is 78.4 cm³/mol. The van der Waals surface area contributed by atoms with Gasteiger partial charge in [0.05, 0.1) is 0 Å². The molecule has 0 aliphatic carbocycles. The summed E-state index contributed by atoms with van der Waals surface area (Å²) in [5, 5.41) is 6.88. The average Bonchev–Trinajstić information content (AvgIpc) is 3.05. The zero-order chi connectivity index (χ0) is 12.4. The minimum absolute atomic E-state index is 0.586. The van der Waals surface area contributed by atoms with Crippen LogP contribution >= 0.6 is 11.3 Å². The van der Waals surface area contributed by atoms with Crippen LogP contribution in [0, 0.1) is 0 Å². The highest BCUT2D eigenvalue weighted by atomic mass is 32.1. The molecule has 4 heteroatoms. The summed E-state index contributed by atoms with van der Waals surface area (Å²) in [6.07, 6.45) is 4.59. The van der Waals surface area contributed by atoms with Crippen molar-refractivity contribution in [2.24, 2.45) is 0 Å². The van der Waals surface area contributed by atoms with Crippen LogP contribution in [0.4, 0.5) is 5.82 Å². The Bertz CT molecular complexity index is 516. The summed E-state index contributed by atoms with van der Waals surface area (Å²) >= 11 is 1.77. The molecule has 1 unspecified atom stereocenters. The van der Waals surface area contributed by atoms with E-state index in [-0.39, 0.29) is 0 Å². The van der Waals surface area contributed by atoms with Crippen molar-refractivity contribution in [1.82, 2.24) is 9.88 Å². The molecule has 1 aliphatic heterocycles. The van der Waals surface area contributed by atoms with Gasteiger partial charge in [0.1, 0.15) is 5.82 Å². The number of nitrogens with one attached hydrogen (secondary N) is 1. The molecule has 0 spiro atoms. The highest BCUT2D eigenvalue weighted by Crippen LogP contribution is 2.25. The van der Waals surface area contributed by atoms with Gasteiger partial charge in [0.25, 0.3) is 0 Å². The van der Waals surface area contributed by atoms with Gasteiger partial charge in [-0.2, -0.15) is 0 Å². The molecule has 2 aromatic heterocycles. The lowest BCUT2D eigenvalue weighted by atomic mass is 10.2. The Morgan fingerprint density at radius 1 is 1.39 bits per heavy atom. The van der Waals surface area contributed by atoms with Crippen molar-refractivity contribution in [3.8, 4) is 0 Å². The molecule has 3 rings (SSSR count). The predicted octanol–water partition coefficient (Wildman–Crippen LogP) is 3.19. The van der Waals surface area contributed by atoms with E-state index in [1.807, 2.05) is 6.20 Å². The monoisotopic (exact) mass is 261 g/mol. The number of rotatable bonds is 4. The first kappa shape index (κ1) is 11.9. The topological polar surface area (TPSA) is 28.2 Å². The number of nitrogens with zero attached hydrogens (tertiary/aromatic N) is 2. The van der Waals surface area contributed by atoms with Gasteiger partial charge < -0.3 is 5.32 Å². The third-order valence-electron chi connectivity index (χ3n) is 3.71. The molecule has 0 amide bonds. The van der Waals surface area contributed by atoms with E-state index in [4.69, 9.17) is 0 Å². The van der Waals surface area contributed by atoms with Crippen molar-refractivity contribution in [1.29, 1.82) is 0 Å². The average molecular weight is 261 g/mol. The van der Waals surface area contributed by atoms with Crippen molar-refractivity contribution >= 4 is 27.2 Å². The molecule has 1 N–H and O–H groups in total. The molecule has 0 radical (unpaired) electrons. The Balaban J connectivity index is 1.67. The molecular formula is C14H19N3S. The Kier molecular flexibility index (Phi) is 3.48. The fourth-order valence-corrected chi connectivity index (χ4v) is 3.37. The zero-order valence-electron chi connectivity index (χ0n) is 10.7. The van der Waals surface area contributed by atoms with Gasteiger partial charge in [0.2, 0.25) is 0 Å². The minimum atomic E-state index is 0.586. The van der Waals surface area contributed by atoms with E-state index in [1.54, 1.807) is 11.3 Å². The molecule has 96 valence electrons. The van der Waals surface area contributed by atoms with Crippen LogP contribution in [-0.4, -0.2) is 35.6 Å². The minimum Gasteiger partial charge on any atom is -0.368 e. The third-order valence-corrected chi connectivity index (χ3v) is 4.59. The Labute approximate surface area is 112 Å². The van der Waals surface area contributed by atoms with Gasteiger partial charge >= 0.3 is 0 Å². The molecule has 2 aromatic rings. The van der Waals surface area contributed by atoms with E-state index >= 15 is 0 Å². The number of likely N-dealkylation sites (tertiary alicyclic amines) is 1. The van der Waals surface area contributed by atoms with Crippen molar-refractivity contribution < 1.29 is 0 Å². The van der Waals surface area contributed by atoms with Gasteiger partial charge in [-0.05, 0) is 50.4 Å². The molecule has 1 aliphatic rings. The van der Waals surface area contributed by atoms with Gasteiger partial charge in [-0.1, -0.05) is 0 Å². The van der Waals surface area contributed by atoms with Crippen LogP contribution in [0.2, 0.25) is 0 Å². The number of hydrogen-bond acceptors (Lipinski definition) is 4. The van der Waals surface area contributed by atoms with Crippen LogP contribution in [0.25, 0.3) is 10.1 Å². The number of hydrogen-bond donors (Lipinski definition) is 1. The molecule has 0 saturated carbocycles. The van der Waals surface area contributed by atoms with E-state index in [0.29, 0.717) is 6.04 Å². The van der Waals surface area contributed by atoms with E-state index in [2.05, 4.69) is 39.6 Å². The first-order valence-electron chi connectivity index (χ1n) is 6.65. The van der Waals surface area contributed by atoms with E-state index < -0.39 is 0 Å². The number of fused-ring (bicyclic) bond motifs is 1. The molecule has 1 saturated heterocycles. The first-order valence-corrected chi connectivity index (χ1v) is 7.53. The van der Waals surface area contributed by atoms with Crippen LogP contribution in [0.1, 0.15) is 19.8 Å². The molecule has 1 atom stereocenters. The fraction of sp³-hybridized carbons (Fsp3) is 0.500. The fourth-order valence-electron chi connectivity index (χ4n) is 2.59. The molecule has 0 bridgehead atoms. The summed E-state index contributed by atoms with van der Waals surface area (Å²) in [6, 6.07) is 4.81. The van der Waals surface area contributed by atoms with Gasteiger partial charge in [-0.3, -0.25) is 4.90 Å². The van der Waals surface area contributed by atoms with Crippen LogP contribution in [-0.2, 0) is 0 Å². The zero-order valence-corrected chi connectivity index (χ0v) is 11.5. The molecular weight excluding hydrogens is 242 g/mol. The van der Waals surface area contributed by atoms with Crippen molar-refractivity contribution in [2.75, 3.05) is 25.0 Å². The third kappa shape index (κ3) is 2.35. The summed E-state index contributed by atoms with van der Waals surface area (Å²) in [5.41, 5.74) is 0. The lowest BCUT2D eigenvalue weighted by Crippen LogP contribution is -2.35. The SMILES string of the molecule is CC(CNc1nccc2sccc12)N1CCCC1. The summed E-state index contributed by atoms with van der Waals surface area (Å²) in [5.74, 6) is 1.03. The Morgan fingerprint density at radius 3 is 3.06 bits per heavy atom. The lowest BCUT2D eigenvalue weighted by molar-refractivity contribution is 0.269. The maximum absolute atomic E-state index is 4.45. The summed E-state index contributed by atoms with van der Waals surface area (Å²) in [7, 11) is 0. The highest BCUT2D eigenvalue weighted by Gasteiger charge is 2.17. The molecule has 3 nitrogen and oxygen atoms in total.